The van der Waals surface area contributed by atoms with E-state index in [1.165, 1.54) is 6.07 Å². The highest BCUT2D eigenvalue weighted by Gasteiger charge is 2.14. The normalized spacial score (nSPS) is 12.3. The maximum absolute atomic E-state index is 13.4. The molecule has 0 bridgehead atoms. The quantitative estimate of drug-likeness (QED) is 0.417. The first-order valence-electron chi connectivity index (χ1n) is 4.42. The molecule has 0 saturated carbocycles. The predicted octanol–water partition coefficient (Wildman–Crippen LogP) is 2.93. The van der Waals surface area contributed by atoms with E-state index in [1.54, 1.807) is 6.07 Å². The Bertz CT molecular complexity index is 353. The van der Waals surface area contributed by atoms with Crippen LogP contribution in [0.3, 0.4) is 0 Å². The maximum atomic E-state index is 13.4. The lowest BCUT2D eigenvalue weighted by Crippen LogP contribution is -2.11. The fourth-order valence-electron chi connectivity index (χ4n) is 1.16. The zero-order valence-corrected chi connectivity index (χ0v) is 8.58. The molecule has 76 valence electrons. The second-order valence-electron chi connectivity index (χ2n) is 4.23. The molecule has 0 heterocycles. The molecule has 14 heavy (non-hydrogen) atoms. The molecule has 0 atom stereocenters. The van der Waals surface area contributed by atoms with E-state index in [0.29, 0.717) is 5.56 Å². The van der Waals surface area contributed by atoms with Crippen molar-refractivity contribution in [2.24, 2.45) is 5.16 Å². The number of hydrogen-bond acceptors (Lipinski definition) is 2. The van der Waals surface area contributed by atoms with Gasteiger partial charge in [-0.15, -0.1) is 0 Å². The Morgan fingerprint density at radius 1 is 1.36 bits per heavy atom. The molecule has 0 aromatic heterocycles. The van der Waals surface area contributed by atoms with Crippen LogP contribution in [-0.2, 0) is 5.41 Å². The maximum Gasteiger partial charge on any atom is 0.132 e. The smallest absolute Gasteiger partial charge is 0.132 e. The summed E-state index contributed by atoms with van der Waals surface area (Å²) in [4.78, 5) is 0. The number of hydrogen-bond donors (Lipinski definition) is 1. The number of oxime groups is 1. The Morgan fingerprint density at radius 2 is 2.00 bits per heavy atom. The second kappa shape index (κ2) is 3.78. The zero-order valence-electron chi connectivity index (χ0n) is 8.58. The number of rotatable bonds is 1. The van der Waals surface area contributed by atoms with Crippen molar-refractivity contribution in [1.82, 2.24) is 0 Å². The molecule has 0 aliphatic carbocycles. The summed E-state index contributed by atoms with van der Waals surface area (Å²) in [6.07, 6.45) is 1.09. The van der Waals surface area contributed by atoms with Crippen molar-refractivity contribution in [2.45, 2.75) is 26.2 Å². The zero-order chi connectivity index (χ0) is 10.8. The van der Waals surface area contributed by atoms with Crippen LogP contribution in [-0.4, -0.2) is 11.4 Å². The Hall–Kier alpha value is -1.38. The molecule has 0 fully saturated rings. The summed E-state index contributed by atoms with van der Waals surface area (Å²) in [5.41, 5.74) is 1.14. The van der Waals surface area contributed by atoms with Gasteiger partial charge in [0.15, 0.2) is 0 Å². The van der Waals surface area contributed by atoms with Gasteiger partial charge in [0.05, 0.1) is 6.21 Å². The predicted molar refractivity (Wildman–Crippen MR) is 54.5 cm³/mol. The Morgan fingerprint density at radius 3 is 2.43 bits per heavy atom. The minimum Gasteiger partial charge on any atom is -0.411 e. The van der Waals surface area contributed by atoms with Crippen LogP contribution in [0.15, 0.2) is 23.4 Å². The van der Waals surface area contributed by atoms with E-state index in [2.05, 4.69) is 5.16 Å². The summed E-state index contributed by atoms with van der Waals surface area (Å²) in [5, 5.41) is 11.1. The van der Waals surface area contributed by atoms with Crippen LogP contribution in [0.5, 0.6) is 0 Å². The standard InChI is InChI=1S/C11H14FNO/c1-11(2,3)9-5-4-8(7-13-14)10(12)6-9/h4-7,14H,1-3H3/b13-7+. The summed E-state index contributed by atoms with van der Waals surface area (Å²) < 4.78 is 13.4. The van der Waals surface area contributed by atoms with E-state index in [0.717, 1.165) is 11.8 Å². The largest absolute Gasteiger partial charge is 0.411 e. The van der Waals surface area contributed by atoms with Crippen molar-refractivity contribution in [3.8, 4) is 0 Å². The second-order valence-corrected chi connectivity index (χ2v) is 4.23. The Labute approximate surface area is 83.1 Å². The SMILES string of the molecule is CC(C)(C)c1ccc(/C=N/O)c(F)c1. The molecular weight excluding hydrogens is 181 g/mol. The topological polar surface area (TPSA) is 32.6 Å². The lowest BCUT2D eigenvalue weighted by molar-refractivity contribution is 0.321. The molecule has 3 heteroatoms. The van der Waals surface area contributed by atoms with Crippen LogP contribution in [0.4, 0.5) is 4.39 Å². The van der Waals surface area contributed by atoms with Gasteiger partial charge in [-0.2, -0.15) is 0 Å². The van der Waals surface area contributed by atoms with Gasteiger partial charge in [-0.1, -0.05) is 38.1 Å². The molecule has 0 aliphatic rings. The van der Waals surface area contributed by atoms with Gasteiger partial charge in [0.2, 0.25) is 0 Å². The molecule has 0 saturated heterocycles. The van der Waals surface area contributed by atoms with Crippen molar-refractivity contribution in [2.75, 3.05) is 0 Å². The molecular formula is C11H14FNO. The summed E-state index contributed by atoms with van der Waals surface area (Å²) in [6, 6.07) is 4.91. The molecule has 0 aliphatic heterocycles. The lowest BCUT2D eigenvalue weighted by atomic mass is 9.86. The van der Waals surface area contributed by atoms with Crippen LogP contribution >= 0.6 is 0 Å². The minimum atomic E-state index is -0.366. The molecule has 1 aromatic carbocycles. The van der Waals surface area contributed by atoms with E-state index < -0.39 is 0 Å². The van der Waals surface area contributed by atoms with E-state index in [9.17, 15) is 4.39 Å². The van der Waals surface area contributed by atoms with Gasteiger partial charge in [-0.3, -0.25) is 0 Å². The van der Waals surface area contributed by atoms with Gasteiger partial charge < -0.3 is 5.21 Å². The third-order valence-corrected chi connectivity index (χ3v) is 2.06. The monoisotopic (exact) mass is 195 g/mol. The molecule has 0 unspecified atom stereocenters. The van der Waals surface area contributed by atoms with Gasteiger partial charge in [0.1, 0.15) is 5.82 Å². The fraction of sp³-hybridized carbons (Fsp3) is 0.364. The Balaban J connectivity index is 3.13. The van der Waals surface area contributed by atoms with E-state index in [1.807, 2.05) is 26.8 Å². The molecule has 1 N–H and O–H groups in total. The van der Waals surface area contributed by atoms with Gasteiger partial charge in [-0.25, -0.2) is 4.39 Å². The Kier molecular flexibility index (Phi) is 2.89. The summed E-state index contributed by atoms with van der Waals surface area (Å²) in [6.45, 7) is 6.05. The highest BCUT2D eigenvalue weighted by Crippen LogP contribution is 2.23. The van der Waals surface area contributed by atoms with Crippen molar-refractivity contribution >= 4 is 6.21 Å². The average Bonchev–Trinajstić information content (AvgIpc) is 2.07. The molecule has 1 rings (SSSR count). The van der Waals surface area contributed by atoms with Crippen molar-refractivity contribution < 1.29 is 9.60 Å². The minimum absolute atomic E-state index is 0.0737. The third-order valence-electron chi connectivity index (χ3n) is 2.06. The molecule has 0 radical (unpaired) electrons. The molecule has 1 aromatic rings. The van der Waals surface area contributed by atoms with Crippen LogP contribution in [0.25, 0.3) is 0 Å². The van der Waals surface area contributed by atoms with Gasteiger partial charge in [0.25, 0.3) is 0 Å². The summed E-state index contributed by atoms with van der Waals surface area (Å²) in [7, 11) is 0. The van der Waals surface area contributed by atoms with Crippen LogP contribution in [0.2, 0.25) is 0 Å². The first-order chi connectivity index (χ1) is 6.45. The summed E-state index contributed by atoms with van der Waals surface area (Å²) >= 11 is 0. The van der Waals surface area contributed by atoms with E-state index in [-0.39, 0.29) is 11.2 Å². The van der Waals surface area contributed by atoms with E-state index >= 15 is 0 Å². The van der Waals surface area contributed by atoms with Gasteiger partial charge >= 0.3 is 0 Å². The van der Waals surface area contributed by atoms with Gasteiger partial charge in [0, 0.05) is 5.56 Å². The van der Waals surface area contributed by atoms with Crippen LogP contribution < -0.4 is 0 Å². The molecule has 0 amide bonds. The van der Waals surface area contributed by atoms with Crippen molar-refractivity contribution in [3.05, 3.63) is 35.1 Å². The van der Waals surface area contributed by atoms with Gasteiger partial charge in [-0.05, 0) is 17.0 Å². The highest BCUT2D eigenvalue weighted by molar-refractivity contribution is 5.79. The van der Waals surface area contributed by atoms with E-state index in [4.69, 9.17) is 5.21 Å². The third kappa shape index (κ3) is 2.31. The lowest BCUT2D eigenvalue weighted by Gasteiger charge is -2.19. The number of benzene rings is 1. The molecule has 0 spiro atoms. The van der Waals surface area contributed by atoms with Crippen LogP contribution in [0, 0.1) is 5.82 Å². The summed E-state index contributed by atoms with van der Waals surface area (Å²) in [5.74, 6) is -0.366. The number of halogens is 1. The van der Waals surface area contributed by atoms with Crippen LogP contribution in [0.1, 0.15) is 31.9 Å². The highest BCUT2D eigenvalue weighted by atomic mass is 19.1. The first-order valence-corrected chi connectivity index (χ1v) is 4.42. The van der Waals surface area contributed by atoms with Crippen molar-refractivity contribution in [3.63, 3.8) is 0 Å². The fourth-order valence-corrected chi connectivity index (χ4v) is 1.16. The van der Waals surface area contributed by atoms with Crippen molar-refractivity contribution in [1.29, 1.82) is 0 Å². The average molecular weight is 195 g/mol. The molecule has 2 nitrogen and oxygen atoms in total. The number of nitrogens with zero attached hydrogens (tertiary/aromatic N) is 1. The first kappa shape index (κ1) is 10.7.